The lowest BCUT2D eigenvalue weighted by atomic mass is 10.1. The Morgan fingerprint density at radius 1 is 1.36 bits per heavy atom. The maximum absolute atomic E-state index is 12.6. The maximum atomic E-state index is 12.6. The fraction of sp³-hybridized carbons (Fsp3) is 0.316. The molecule has 0 aliphatic carbocycles. The summed E-state index contributed by atoms with van der Waals surface area (Å²) in [6.45, 7) is 1.26. The molecule has 0 unspecified atom stereocenters. The van der Waals surface area contributed by atoms with Crippen molar-refractivity contribution in [2.45, 2.75) is 19.5 Å². The van der Waals surface area contributed by atoms with Gasteiger partial charge in [-0.3, -0.25) is 9.59 Å². The lowest BCUT2D eigenvalue weighted by molar-refractivity contribution is -0.135. The van der Waals surface area contributed by atoms with E-state index < -0.39 is 0 Å². The van der Waals surface area contributed by atoms with Crippen LogP contribution in [0.2, 0.25) is 0 Å². The summed E-state index contributed by atoms with van der Waals surface area (Å²) in [6, 6.07) is 12.8. The zero-order valence-electron chi connectivity index (χ0n) is 14.0. The number of amides is 2. The molecule has 0 saturated carbocycles. The van der Waals surface area contributed by atoms with Gasteiger partial charge in [-0.2, -0.15) is 5.26 Å². The van der Waals surface area contributed by atoms with Crippen LogP contribution in [-0.4, -0.2) is 35.2 Å². The third-order valence-corrected chi connectivity index (χ3v) is 4.37. The minimum atomic E-state index is -0.328. The average Bonchev–Trinajstić information content (AvgIpc) is 3.25. The number of carbonyl (C=O) groups is 2. The summed E-state index contributed by atoms with van der Waals surface area (Å²) in [5.74, 6) is 0.319. The molecule has 1 fully saturated rings. The number of nitrogens with zero attached hydrogens (tertiary/aromatic N) is 3. The van der Waals surface area contributed by atoms with Crippen molar-refractivity contribution >= 4 is 11.8 Å². The number of rotatable bonds is 5. The van der Waals surface area contributed by atoms with Crippen LogP contribution in [0, 0.1) is 17.2 Å². The van der Waals surface area contributed by atoms with E-state index in [1.165, 1.54) is 0 Å². The molecule has 2 aromatic rings. The standard InChI is InChI=1S/C19H19N3O3/c1-21(11-15-6-4-14(10-20)5-7-15)19(24)16-9-18(23)22(12-16)13-17-3-2-8-25-17/h2-8,16H,9,11-13H2,1H3/t16-/m0/s1. The van der Waals surface area contributed by atoms with Crippen molar-refractivity contribution in [1.82, 2.24) is 9.80 Å². The Hall–Kier alpha value is -3.07. The Labute approximate surface area is 146 Å². The fourth-order valence-electron chi connectivity index (χ4n) is 3.03. The van der Waals surface area contributed by atoms with Crippen molar-refractivity contribution < 1.29 is 14.0 Å². The highest BCUT2D eigenvalue weighted by atomic mass is 16.3. The molecule has 25 heavy (non-hydrogen) atoms. The first kappa shape index (κ1) is 16.8. The summed E-state index contributed by atoms with van der Waals surface area (Å²) in [5.41, 5.74) is 1.54. The Balaban J connectivity index is 1.58. The third kappa shape index (κ3) is 3.89. The molecule has 0 N–H and O–H groups in total. The van der Waals surface area contributed by atoms with Crippen LogP contribution < -0.4 is 0 Å². The van der Waals surface area contributed by atoms with Gasteiger partial charge in [0.2, 0.25) is 11.8 Å². The second-order valence-electron chi connectivity index (χ2n) is 6.26. The zero-order valence-corrected chi connectivity index (χ0v) is 14.0. The first-order valence-corrected chi connectivity index (χ1v) is 8.11. The molecule has 1 aromatic heterocycles. The first-order chi connectivity index (χ1) is 12.1. The molecule has 1 aliphatic heterocycles. The number of benzene rings is 1. The van der Waals surface area contributed by atoms with Crippen LogP contribution in [0.15, 0.2) is 47.1 Å². The first-order valence-electron chi connectivity index (χ1n) is 8.11. The molecule has 0 bridgehead atoms. The molecule has 6 heteroatoms. The van der Waals surface area contributed by atoms with Gasteiger partial charge in [-0.05, 0) is 29.8 Å². The van der Waals surface area contributed by atoms with Crippen molar-refractivity contribution in [1.29, 1.82) is 5.26 Å². The Kier molecular flexibility index (Phi) is 4.85. The minimum Gasteiger partial charge on any atom is -0.467 e. The van der Waals surface area contributed by atoms with Crippen molar-refractivity contribution in [3.63, 3.8) is 0 Å². The molecular formula is C19H19N3O3. The van der Waals surface area contributed by atoms with Crippen LogP contribution >= 0.6 is 0 Å². The number of likely N-dealkylation sites (tertiary alicyclic amines) is 1. The molecule has 2 heterocycles. The Bertz CT molecular complexity index is 790. The number of carbonyl (C=O) groups excluding carboxylic acids is 2. The van der Waals surface area contributed by atoms with E-state index in [1.807, 2.05) is 18.2 Å². The van der Waals surface area contributed by atoms with E-state index in [0.29, 0.717) is 31.0 Å². The molecule has 0 spiro atoms. The monoisotopic (exact) mass is 337 g/mol. The SMILES string of the molecule is CN(Cc1ccc(C#N)cc1)C(=O)[C@H]1CC(=O)N(Cc2ccco2)C1. The summed E-state index contributed by atoms with van der Waals surface area (Å²) in [5, 5.41) is 8.83. The van der Waals surface area contributed by atoms with Crippen LogP contribution in [0.5, 0.6) is 0 Å². The van der Waals surface area contributed by atoms with Crippen LogP contribution in [-0.2, 0) is 22.7 Å². The molecule has 1 saturated heterocycles. The van der Waals surface area contributed by atoms with Gasteiger partial charge in [-0.25, -0.2) is 0 Å². The Morgan fingerprint density at radius 3 is 2.76 bits per heavy atom. The van der Waals surface area contributed by atoms with E-state index in [2.05, 4.69) is 6.07 Å². The second-order valence-corrected chi connectivity index (χ2v) is 6.26. The molecular weight excluding hydrogens is 318 g/mol. The lowest BCUT2D eigenvalue weighted by Crippen LogP contribution is -2.34. The van der Waals surface area contributed by atoms with E-state index in [9.17, 15) is 9.59 Å². The molecule has 128 valence electrons. The van der Waals surface area contributed by atoms with E-state index in [1.54, 1.807) is 41.3 Å². The predicted molar refractivity (Wildman–Crippen MR) is 89.9 cm³/mol. The average molecular weight is 337 g/mol. The van der Waals surface area contributed by atoms with Crippen LogP contribution in [0.25, 0.3) is 0 Å². The highest BCUT2D eigenvalue weighted by Gasteiger charge is 2.35. The summed E-state index contributed by atoms with van der Waals surface area (Å²) in [4.78, 5) is 28.1. The molecule has 1 atom stereocenters. The van der Waals surface area contributed by atoms with Crippen molar-refractivity contribution in [2.24, 2.45) is 5.92 Å². The van der Waals surface area contributed by atoms with Gasteiger partial charge >= 0.3 is 0 Å². The van der Waals surface area contributed by atoms with E-state index >= 15 is 0 Å². The van der Waals surface area contributed by atoms with E-state index in [-0.39, 0.29) is 24.2 Å². The van der Waals surface area contributed by atoms with Gasteiger partial charge in [-0.15, -0.1) is 0 Å². The highest BCUT2D eigenvalue weighted by Crippen LogP contribution is 2.22. The summed E-state index contributed by atoms with van der Waals surface area (Å²) in [6.07, 6.45) is 1.81. The molecule has 2 amide bonds. The van der Waals surface area contributed by atoms with Gasteiger partial charge in [0.15, 0.2) is 0 Å². The fourth-order valence-corrected chi connectivity index (χ4v) is 3.03. The molecule has 6 nitrogen and oxygen atoms in total. The number of nitriles is 1. The summed E-state index contributed by atoms with van der Waals surface area (Å²) < 4.78 is 5.27. The smallest absolute Gasteiger partial charge is 0.228 e. The summed E-state index contributed by atoms with van der Waals surface area (Å²) in [7, 11) is 1.74. The van der Waals surface area contributed by atoms with Gasteiger partial charge in [0.05, 0.1) is 30.4 Å². The van der Waals surface area contributed by atoms with Crippen LogP contribution in [0.3, 0.4) is 0 Å². The normalized spacial score (nSPS) is 16.7. The van der Waals surface area contributed by atoms with Crippen molar-refractivity contribution in [3.05, 3.63) is 59.5 Å². The minimum absolute atomic E-state index is 0.0264. The quantitative estimate of drug-likeness (QED) is 0.837. The number of hydrogen-bond acceptors (Lipinski definition) is 4. The predicted octanol–water partition coefficient (Wildman–Crippen LogP) is 2.16. The van der Waals surface area contributed by atoms with E-state index in [0.717, 1.165) is 5.56 Å². The molecule has 1 aromatic carbocycles. The third-order valence-electron chi connectivity index (χ3n) is 4.37. The maximum Gasteiger partial charge on any atom is 0.228 e. The molecule has 0 radical (unpaired) electrons. The number of furan rings is 1. The van der Waals surface area contributed by atoms with Gasteiger partial charge in [0.25, 0.3) is 0 Å². The van der Waals surface area contributed by atoms with Crippen LogP contribution in [0.4, 0.5) is 0 Å². The molecule has 3 rings (SSSR count). The number of hydrogen-bond donors (Lipinski definition) is 0. The largest absolute Gasteiger partial charge is 0.467 e. The zero-order chi connectivity index (χ0) is 17.8. The van der Waals surface area contributed by atoms with Gasteiger partial charge in [-0.1, -0.05) is 12.1 Å². The summed E-state index contributed by atoms with van der Waals surface area (Å²) >= 11 is 0. The van der Waals surface area contributed by atoms with Gasteiger partial charge in [0.1, 0.15) is 5.76 Å². The van der Waals surface area contributed by atoms with Crippen molar-refractivity contribution in [2.75, 3.05) is 13.6 Å². The van der Waals surface area contributed by atoms with Crippen molar-refractivity contribution in [3.8, 4) is 6.07 Å². The van der Waals surface area contributed by atoms with E-state index in [4.69, 9.17) is 9.68 Å². The van der Waals surface area contributed by atoms with Gasteiger partial charge in [0, 0.05) is 26.6 Å². The Morgan fingerprint density at radius 2 is 2.12 bits per heavy atom. The topological polar surface area (TPSA) is 77.5 Å². The van der Waals surface area contributed by atoms with Gasteiger partial charge < -0.3 is 14.2 Å². The second kappa shape index (κ2) is 7.22. The highest BCUT2D eigenvalue weighted by molar-refractivity contribution is 5.89. The van der Waals surface area contributed by atoms with Crippen LogP contribution in [0.1, 0.15) is 23.3 Å². The lowest BCUT2D eigenvalue weighted by Gasteiger charge is -2.21. The molecule has 1 aliphatic rings.